The van der Waals surface area contributed by atoms with Crippen LogP contribution >= 0.6 is 0 Å². The maximum Gasteiger partial charge on any atom is 0.254 e. The smallest absolute Gasteiger partial charge is 0.254 e. The predicted molar refractivity (Wildman–Crippen MR) is 167 cm³/mol. The molecular weight excluding hydrogens is 576 g/mol. The first-order valence-electron chi connectivity index (χ1n) is 16.2. The fraction of sp³-hybridized carbons (Fsp3) is 0.471. The van der Waals surface area contributed by atoms with Crippen LogP contribution in [0.2, 0.25) is 0 Å². The number of imidazole rings is 1. The highest BCUT2D eigenvalue weighted by Gasteiger charge is 2.42. The van der Waals surface area contributed by atoms with E-state index in [0.29, 0.717) is 48.8 Å². The van der Waals surface area contributed by atoms with Crippen LogP contribution in [0.25, 0.3) is 33.6 Å². The lowest BCUT2D eigenvalue weighted by Crippen LogP contribution is -2.52. The molecule has 2 saturated carbocycles. The lowest BCUT2D eigenvalue weighted by molar-refractivity contribution is -0.123. The van der Waals surface area contributed by atoms with Gasteiger partial charge in [0.05, 0.1) is 40.1 Å². The highest BCUT2D eigenvalue weighted by molar-refractivity contribution is 5.98. The van der Waals surface area contributed by atoms with Gasteiger partial charge in [-0.3, -0.25) is 9.59 Å². The molecule has 0 unspecified atom stereocenters. The summed E-state index contributed by atoms with van der Waals surface area (Å²) in [5.41, 5.74) is 3.48. The number of pyridine rings is 1. The number of hydrogen-bond donors (Lipinski definition) is 3. The van der Waals surface area contributed by atoms with Gasteiger partial charge in [-0.25, -0.2) is 18.7 Å². The van der Waals surface area contributed by atoms with Crippen molar-refractivity contribution in [2.75, 3.05) is 13.1 Å². The number of halogens is 2. The minimum Gasteiger partial charge on any atom is -0.348 e. The van der Waals surface area contributed by atoms with Gasteiger partial charge >= 0.3 is 0 Å². The van der Waals surface area contributed by atoms with E-state index in [4.69, 9.17) is 9.97 Å². The average Bonchev–Trinajstić information content (AvgIpc) is 3.95. The SMILES string of the molecule is C[C@H]1NC(=O)[C@@H]2C[C@@H]2C/C=C\CCn2c(-c3nc4cc(C(=O)N[C@H]5CNCC[C@@H]5F)c(F)cc4n3C3CC3)cc3ccc1nc32. The third kappa shape index (κ3) is 5.20. The number of amides is 2. The molecule has 9 nitrogen and oxygen atoms in total. The lowest BCUT2D eigenvalue weighted by atomic mass is 10.0. The number of aryl methyl sites for hydroxylation is 1. The van der Waals surface area contributed by atoms with Crippen LogP contribution in [0.4, 0.5) is 8.78 Å². The summed E-state index contributed by atoms with van der Waals surface area (Å²) in [6.07, 6.45) is 8.00. The second-order valence-electron chi connectivity index (χ2n) is 13.1. The number of carbonyl (C=O) groups excluding carboxylic acids is 2. The molecule has 3 N–H and O–H groups in total. The van der Waals surface area contributed by atoms with Gasteiger partial charge in [0, 0.05) is 36.5 Å². The van der Waals surface area contributed by atoms with E-state index in [0.717, 1.165) is 54.5 Å². The van der Waals surface area contributed by atoms with Gasteiger partial charge < -0.3 is 25.1 Å². The largest absolute Gasteiger partial charge is 0.348 e. The van der Waals surface area contributed by atoms with Crippen LogP contribution in [-0.2, 0) is 11.3 Å². The number of piperidine rings is 1. The monoisotopic (exact) mass is 613 g/mol. The maximum absolute atomic E-state index is 15.6. The van der Waals surface area contributed by atoms with Gasteiger partial charge in [0.2, 0.25) is 5.91 Å². The quantitative estimate of drug-likeness (QED) is 0.277. The van der Waals surface area contributed by atoms with Crippen LogP contribution in [0, 0.1) is 17.7 Å². The van der Waals surface area contributed by atoms with Crippen molar-refractivity contribution < 1.29 is 18.4 Å². The standard InChI is InChI=1S/C34H37F2N7O2/c1-18-26-9-6-20-14-30(42(31(20)39-26)12-4-2-3-5-19-13-22(19)33(44)38-18)32-40-27-15-23(25(36)16-29(27)43(32)21-7-8-21)34(45)41-28-17-37-11-10-24(28)35/h2-3,6,9,14-16,18-19,21-22,24,28,37H,4-5,7-8,10-13,17H2,1H3,(H,38,44)(H,41,45)/b3-2-/t18-,19+,22-,24+,28+/m1/s1. The Bertz CT molecular complexity index is 1860. The molecule has 1 aromatic carbocycles. The van der Waals surface area contributed by atoms with Crippen molar-refractivity contribution in [3.8, 4) is 11.5 Å². The van der Waals surface area contributed by atoms with Crippen LogP contribution in [0.15, 0.2) is 42.5 Å². The topological polar surface area (TPSA) is 106 Å². The molecule has 2 aliphatic carbocycles. The van der Waals surface area contributed by atoms with Crippen LogP contribution < -0.4 is 16.0 Å². The van der Waals surface area contributed by atoms with Gasteiger partial charge in [-0.2, -0.15) is 0 Å². The fourth-order valence-electron chi connectivity index (χ4n) is 7.00. The third-order valence-electron chi connectivity index (χ3n) is 9.83. The number of nitrogens with zero attached hydrogens (tertiary/aromatic N) is 4. The Morgan fingerprint density at radius 1 is 1.11 bits per heavy atom. The van der Waals surface area contributed by atoms with Crippen LogP contribution in [-0.4, -0.2) is 56.2 Å². The van der Waals surface area contributed by atoms with E-state index < -0.39 is 23.9 Å². The Morgan fingerprint density at radius 3 is 2.80 bits per heavy atom. The zero-order valence-electron chi connectivity index (χ0n) is 25.2. The van der Waals surface area contributed by atoms with Crippen molar-refractivity contribution in [3.63, 3.8) is 0 Å². The molecule has 1 saturated heterocycles. The molecule has 234 valence electrons. The maximum atomic E-state index is 15.6. The Kier molecular flexibility index (Phi) is 6.96. The van der Waals surface area contributed by atoms with Crippen molar-refractivity contribution >= 4 is 33.9 Å². The molecule has 4 aliphatic rings. The van der Waals surface area contributed by atoms with Gasteiger partial charge in [0.25, 0.3) is 5.91 Å². The molecule has 2 bridgehead atoms. The molecule has 11 heteroatoms. The van der Waals surface area contributed by atoms with Gasteiger partial charge in [0.15, 0.2) is 5.82 Å². The second-order valence-corrected chi connectivity index (χ2v) is 13.1. The third-order valence-corrected chi connectivity index (χ3v) is 9.83. The van der Waals surface area contributed by atoms with Crippen molar-refractivity contribution in [3.05, 3.63) is 59.6 Å². The van der Waals surface area contributed by atoms with Gasteiger partial charge in [0.1, 0.15) is 17.6 Å². The molecule has 0 spiro atoms. The molecular formula is C34H37F2N7O2. The Labute approximate surface area is 259 Å². The second kappa shape index (κ2) is 11.0. The number of aromatic nitrogens is 4. The van der Waals surface area contributed by atoms with E-state index in [-0.39, 0.29) is 29.5 Å². The molecule has 0 radical (unpaired) electrons. The highest BCUT2D eigenvalue weighted by Crippen LogP contribution is 2.44. The molecule has 5 atom stereocenters. The average molecular weight is 614 g/mol. The van der Waals surface area contributed by atoms with Crippen molar-refractivity contribution in [2.24, 2.45) is 11.8 Å². The Morgan fingerprint density at radius 2 is 1.98 bits per heavy atom. The molecule has 8 rings (SSSR count). The summed E-state index contributed by atoms with van der Waals surface area (Å²) in [6.45, 7) is 3.50. The summed E-state index contributed by atoms with van der Waals surface area (Å²) in [7, 11) is 0. The Hall–Kier alpha value is -4.12. The van der Waals surface area contributed by atoms with Gasteiger partial charge in [-0.05, 0) is 82.2 Å². The summed E-state index contributed by atoms with van der Waals surface area (Å²) >= 11 is 0. The van der Waals surface area contributed by atoms with E-state index in [1.54, 1.807) is 0 Å². The van der Waals surface area contributed by atoms with Crippen LogP contribution in [0.1, 0.15) is 73.6 Å². The molecule has 2 aliphatic heterocycles. The minimum absolute atomic E-state index is 0.0796. The van der Waals surface area contributed by atoms with Gasteiger partial charge in [-0.1, -0.05) is 12.2 Å². The first-order valence-corrected chi connectivity index (χ1v) is 16.2. The molecule has 3 aromatic heterocycles. The van der Waals surface area contributed by atoms with Crippen molar-refractivity contribution in [2.45, 2.75) is 76.3 Å². The summed E-state index contributed by atoms with van der Waals surface area (Å²) in [6, 6.07) is 8.20. The van der Waals surface area contributed by atoms with Crippen LogP contribution in [0.5, 0.6) is 0 Å². The highest BCUT2D eigenvalue weighted by atomic mass is 19.1. The summed E-state index contributed by atoms with van der Waals surface area (Å²) in [5, 5.41) is 9.87. The molecule has 5 heterocycles. The molecule has 45 heavy (non-hydrogen) atoms. The number of benzene rings is 1. The van der Waals surface area contributed by atoms with E-state index >= 15 is 4.39 Å². The van der Waals surface area contributed by atoms with Crippen molar-refractivity contribution in [1.29, 1.82) is 0 Å². The van der Waals surface area contributed by atoms with Gasteiger partial charge in [-0.15, -0.1) is 0 Å². The minimum atomic E-state index is -1.18. The first-order chi connectivity index (χ1) is 21.9. The molecule has 2 amide bonds. The van der Waals surface area contributed by atoms with Crippen molar-refractivity contribution in [1.82, 2.24) is 35.1 Å². The Balaban J connectivity index is 1.21. The number of nitrogens with one attached hydrogen (secondary N) is 3. The number of hydrogen-bond acceptors (Lipinski definition) is 5. The first kappa shape index (κ1) is 28.4. The van der Waals surface area contributed by atoms with Crippen LogP contribution in [0.3, 0.4) is 0 Å². The molecule has 3 fully saturated rings. The fourth-order valence-corrected chi connectivity index (χ4v) is 7.00. The number of rotatable bonds is 4. The summed E-state index contributed by atoms with van der Waals surface area (Å²) < 4.78 is 34.3. The van der Waals surface area contributed by atoms with E-state index in [2.05, 4.69) is 43.3 Å². The lowest BCUT2D eigenvalue weighted by Gasteiger charge is -2.27. The van der Waals surface area contributed by atoms with E-state index in [1.807, 2.05) is 19.1 Å². The van der Waals surface area contributed by atoms with E-state index in [9.17, 15) is 14.0 Å². The number of carbonyl (C=O) groups is 2. The zero-order chi connectivity index (χ0) is 30.8. The summed E-state index contributed by atoms with van der Waals surface area (Å²) in [4.78, 5) is 36.0. The number of alkyl halides is 1. The normalized spacial score (nSPS) is 27.6. The number of allylic oxidation sites excluding steroid dienone is 2. The van der Waals surface area contributed by atoms with E-state index in [1.165, 1.54) is 12.1 Å². The number of fused-ring (bicyclic) bond motifs is 3. The molecule has 4 aromatic rings. The summed E-state index contributed by atoms with van der Waals surface area (Å²) in [5.74, 6) is -0.0208. The predicted octanol–water partition coefficient (Wildman–Crippen LogP) is 5.12. The zero-order valence-corrected chi connectivity index (χ0v) is 25.2.